The molecule has 4 rings (SSSR count). The molecular weight excluding hydrogens is 524 g/mol. The summed E-state index contributed by atoms with van der Waals surface area (Å²) >= 11 is 0. The van der Waals surface area contributed by atoms with Gasteiger partial charge in [0, 0.05) is 50.0 Å². The number of ether oxygens (including phenoxy) is 1. The van der Waals surface area contributed by atoms with Crippen molar-refractivity contribution in [2.45, 2.75) is 13.3 Å². The third-order valence-electron chi connectivity index (χ3n) is 6.66. The van der Waals surface area contributed by atoms with Crippen molar-refractivity contribution in [3.63, 3.8) is 0 Å². The maximum Gasteiger partial charge on any atom is 0.295 e. The molecule has 4 N–H and O–H groups in total. The lowest BCUT2D eigenvalue weighted by atomic mass is 10.0. The molecule has 2 aromatic carbocycles. The van der Waals surface area contributed by atoms with Gasteiger partial charge in [0.2, 0.25) is 0 Å². The largest absolute Gasteiger partial charge is 0.496 e. The number of likely N-dealkylation sites (N-methyl/N-ethyl adjacent to an activating group) is 2. The predicted molar refractivity (Wildman–Crippen MR) is 156 cm³/mol. The molecule has 4 aromatic rings. The third-order valence-corrected chi connectivity index (χ3v) is 6.66. The number of carbonyl (C=O) groups excluding carboxylic acids is 3. The number of amides is 2. The number of H-pyrrole nitrogens is 1. The smallest absolute Gasteiger partial charge is 0.295 e. The fourth-order valence-corrected chi connectivity index (χ4v) is 4.52. The van der Waals surface area contributed by atoms with Gasteiger partial charge in [0.25, 0.3) is 17.6 Å². The summed E-state index contributed by atoms with van der Waals surface area (Å²) < 4.78 is 5.47. The minimum atomic E-state index is -0.711. The number of anilines is 1. The highest BCUT2D eigenvalue weighted by atomic mass is 16.5. The number of aromatic amines is 1. The quantitative estimate of drug-likeness (QED) is 0.0835. The summed E-state index contributed by atoms with van der Waals surface area (Å²) in [6.45, 7) is 2.90. The lowest BCUT2D eigenvalue weighted by molar-refractivity contribution is -0.126. The summed E-state index contributed by atoms with van der Waals surface area (Å²) in [4.78, 5) is 49.5. The zero-order chi connectivity index (χ0) is 29.5. The summed E-state index contributed by atoms with van der Waals surface area (Å²) in [7, 11) is 3.35. The number of nitrogens with one attached hydrogen (secondary N) is 2. The number of pyridine rings is 1. The molecule has 2 amide bonds. The molecule has 0 fully saturated rings. The molecule has 2 aromatic heterocycles. The van der Waals surface area contributed by atoms with E-state index in [9.17, 15) is 14.4 Å². The van der Waals surface area contributed by atoms with Crippen LogP contribution in [0.2, 0.25) is 0 Å². The Balaban J connectivity index is 1.56. The van der Waals surface area contributed by atoms with E-state index in [2.05, 4.69) is 20.5 Å². The molecular formula is C29H30N8O4. The van der Waals surface area contributed by atoms with Gasteiger partial charge < -0.3 is 25.3 Å². The zero-order valence-corrected chi connectivity index (χ0v) is 23.0. The van der Waals surface area contributed by atoms with Crippen LogP contribution in [0.5, 0.6) is 5.75 Å². The van der Waals surface area contributed by atoms with E-state index in [0.29, 0.717) is 41.9 Å². The Morgan fingerprint density at radius 2 is 1.93 bits per heavy atom. The minimum absolute atomic E-state index is 0.0589. The number of rotatable bonds is 11. The number of hydrogen-bond donors (Lipinski definition) is 3. The van der Waals surface area contributed by atoms with Gasteiger partial charge in [0.05, 0.1) is 29.6 Å². The van der Waals surface area contributed by atoms with Crippen molar-refractivity contribution in [2.24, 2.45) is 10.8 Å². The molecule has 0 unspecified atom stereocenters. The lowest BCUT2D eigenvalue weighted by Gasteiger charge is -2.25. The number of benzene rings is 2. The molecule has 0 aliphatic rings. The van der Waals surface area contributed by atoms with E-state index < -0.39 is 17.6 Å². The maximum absolute atomic E-state index is 13.5. The fraction of sp³-hybridized carbons (Fsp3) is 0.241. The van der Waals surface area contributed by atoms with Crippen LogP contribution in [0, 0.1) is 11.3 Å². The number of nitrogens with two attached hydrogens (primary N) is 1. The molecule has 210 valence electrons. The molecule has 0 aliphatic carbocycles. The molecule has 41 heavy (non-hydrogen) atoms. The first kappa shape index (κ1) is 28.6. The molecule has 0 spiro atoms. The van der Waals surface area contributed by atoms with Gasteiger partial charge in [0.1, 0.15) is 18.0 Å². The van der Waals surface area contributed by atoms with Crippen LogP contribution >= 0.6 is 0 Å². The SMILES string of the molecule is CCN(CCN(C)c1nccc2ccccc12)C(=O)C(=O)c1c[nH]c2c(/C(N)=N/NC(=O)CC#N)ccc(OC)c12. The van der Waals surface area contributed by atoms with Gasteiger partial charge in [-0.05, 0) is 30.5 Å². The Morgan fingerprint density at radius 1 is 1.15 bits per heavy atom. The summed E-state index contributed by atoms with van der Waals surface area (Å²) in [6, 6.07) is 14.8. The molecule has 0 bridgehead atoms. The average molecular weight is 555 g/mol. The third kappa shape index (κ3) is 5.94. The molecule has 2 heterocycles. The number of nitrogens with zero attached hydrogens (tertiary/aromatic N) is 5. The standard InChI is InChI=1S/C29H30N8O4/c1-4-37(16-15-36(2)28-19-8-6-5-7-18(19)12-14-32-28)29(40)26(39)21-17-33-25-20(9-10-22(41-3)24(21)25)27(31)35-34-23(38)11-13-30/h5-10,12,14,17,33H,4,11,15-16H2,1-3H3,(H2,31,35)(H,34,38). The van der Waals surface area contributed by atoms with Crippen LogP contribution in [-0.2, 0) is 9.59 Å². The summed E-state index contributed by atoms with van der Waals surface area (Å²) in [5, 5.41) is 14.9. The molecule has 0 saturated heterocycles. The van der Waals surface area contributed by atoms with E-state index in [0.717, 1.165) is 16.6 Å². The topological polar surface area (TPSA) is 170 Å². The van der Waals surface area contributed by atoms with Crippen LogP contribution in [0.4, 0.5) is 5.82 Å². The molecule has 0 atom stereocenters. The van der Waals surface area contributed by atoms with Crippen LogP contribution in [0.25, 0.3) is 21.7 Å². The highest BCUT2D eigenvalue weighted by Crippen LogP contribution is 2.32. The maximum atomic E-state index is 13.5. The highest BCUT2D eigenvalue weighted by molar-refractivity contribution is 6.45. The number of methoxy groups -OCH3 is 1. The Bertz CT molecular complexity index is 1680. The first-order valence-electron chi connectivity index (χ1n) is 12.9. The van der Waals surface area contributed by atoms with Gasteiger partial charge in [-0.15, -0.1) is 0 Å². The Kier molecular flexibility index (Phi) is 8.79. The van der Waals surface area contributed by atoms with Gasteiger partial charge in [-0.1, -0.05) is 24.3 Å². The molecule has 12 nitrogen and oxygen atoms in total. The van der Waals surface area contributed by atoms with E-state index >= 15 is 0 Å². The average Bonchev–Trinajstić information content (AvgIpc) is 3.44. The van der Waals surface area contributed by atoms with Crippen LogP contribution in [-0.4, -0.2) is 72.1 Å². The fourth-order valence-electron chi connectivity index (χ4n) is 4.52. The lowest BCUT2D eigenvalue weighted by Crippen LogP contribution is -2.41. The second-order valence-electron chi connectivity index (χ2n) is 9.13. The van der Waals surface area contributed by atoms with Gasteiger partial charge in [-0.2, -0.15) is 10.4 Å². The number of amidine groups is 1. The summed E-state index contributed by atoms with van der Waals surface area (Å²) in [5.74, 6) is -0.906. The van der Waals surface area contributed by atoms with Gasteiger partial charge in [0.15, 0.2) is 5.84 Å². The molecule has 0 radical (unpaired) electrons. The van der Waals surface area contributed by atoms with E-state index in [1.165, 1.54) is 18.2 Å². The second-order valence-corrected chi connectivity index (χ2v) is 9.13. The predicted octanol–water partition coefficient (Wildman–Crippen LogP) is 2.54. The van der Waals surface area contributed by atoms with Crippen LogP contribution in [0.1, 0.15) is 29.3 Å². The number of Topliss-reactive ketones (excluding diaryl/α,β-unsaturated/α-hetero) is 1. The molecule has 0 aliphatic heterocycles. The number of hydrazone groups is 1. The number of aromatic nitrogens is 2. The minimum Gasteiger partial charge on any atom is -0.496 e. The number of nitriles is 1. The Labute approximate surface area is 236 Å². The van der Waals surface area contributed by atoms with Gasteiger partial charge >= 0.3 is 0 Å². The van der Waals surface area contributed by atoms with Gasteiger partial charge in [-0.3, -0.25) is 14.4 Å². The number of hydrogen-bond acceptors (Lipinski definition) is 8. The summed E-state index contributed by atoms with van der Waals surface area (Å²) in [6.07, 6.45) is 2.80. The molecule has 12 heteroatoms. The highest BCUT2D eigenvalue weighted by Gasteiger charge is 2.27. The normalized spacial score (nSPS) is 11.2. The summed E-state index contributed by atoms with van der Waals surface area (Å²) in [5.41, 5.74) is 9.19. The van der Waals surface area contributed by atoms with Crippen molar-refractivity contribution in [3.8, 4) is 11.8 Å². The van der Waals surface area contributed by atoms with Crippen molar-refractivity contribution >= 4 is 50.9 Å². The van der Waals surface area contributed by atoms with E-state index in [1.54, 1.807) is 24.4 Å². The first-order chi connectivity index (χ1) is 19.8. The number of fused-ring (bicyclic) bond motifs is 2. The molecule has 0 saturated carbocycles. The number of ketones is 1. The Hall–Kier alpha value is -5.44. The van der Waals surface area contributed by atoms with Crippen molar-refractivity contribution < 1.29 is 19.1 Å². The van der Waals surface area contributed by atoms with Crippen molar-refractivity contribution in [3.05, 3.63) is 66.0 Å². The second kappa shape index (κ2) is 12.6. The first-order valence-corrected chi connectivity index (χ1v) is 12.9. The zero-order valence-electron chi connectivity index (χ0n) is 23.0. The van der Waals surface area contributed by atoms with Crippen molar-refractivity contribution in [1.29, 1.82) is 5.26 Å². The number of carbonyl (C=O) groups is 3. The van der Waals surface area contributed by atoms with E-state index in [4.69, 9.17) is 15.7 Å². The van der Waals surface area contributed by atoms with Crippen LogP contribution < -0.4 is 20.8 Å². The van der Waals surface area contributed by atoms with E-state index in [-0.39, 0.29) is 17.8 Å². The monoisotopic (exact) mass is 554 g/mol. The Morgan fingerprint density at radius 3 is 2.66 bits per heavy atom. The van der Waals surface area contributed by atoms with Crippen molar-refractivity contribution in [2.75, 3.05) is 38.7 Å². The van der Waals surface area contributed by atoms with Gasteiger partial charge in [-0.25, -0.2) is 10.4 Å². The van der Waals surface area contributed by atoms with Crippen molar-refractivity contribution in [1.82, 2.24) is 20.3 Å². The van der Waals surface area contributed by atoms with Crippen LogP contribution in [0.3, 0.4) is 0 Å². The van der Waals surface area contributed by atoms with E-state index in [1.807, 2.05) is 49.2 Å². The van der Waals surface area contributed by atoms with Crippen LogP contribution in [0.15, 0.2) is 60.0 Å².